The highest BCUT2D eigenvalue weighted by molar-refractivity contribution is 5.81. The van der Waals surface area contributed by atoms with E-state index >= 15 is 0 Å². The van der Waals surface area contributed by atoms with Crippen LogP contribution in [0.15, 0.2) is 0 Å². The van der Waals surface area contributed by atoms with Gasteiger partial charge >= 0.3 is 0 Å². The molecule has 2 bridgehead atoms. The second kappa shape index (κ2) is 4.40. The Hall–Kier alpha value is -0.410. The molecule has 1 spiro atoms. The van der Waals surface area contributed by atoms with Gasteiger partial charge in [0, 0.05) is 12.8 Å². The van der Waals surface area contributed by atoms with E-state index in [4.69, 9.17) is 0 Å². The SMILES string of the molecule is CC1(C)CC(=O)C[C@@]2(C)[C@H]1[C@@H](O)C[C@H]1C[C@H]3C[C@]12CC[C@@]3(C)O. The summed E-state index contributed by atoms with van der Waals surface area (Å²) in [5.41, 5.74) is -0.647. The van der Waals surface area contributed by atoms with E-state index in [2.05, 4.69) is 20.8 Å². The molecule has 4 aliphatic rings. The fourth-order valence-electron chi connectivity index (χ4n) is 7.95. The molecule has 0 aromatic carbocycles. The van der Waals surface area contributed by atoms with Crippen molar-refractivity contribution in [1.82, 2.24) is 0 Å². The summed E-state index contributed by atoms with van der Waals surface area (Å²) in [5.74, 6) is 1.38. The molecular weight excluding hydrogens is 288 g/mol. The van der Waals surface area contributed by atoms with E-state index in [0.29, 0.717) is 30.5 Å². The summed E-state index contributed by atoms with van der Waals surface area (Å²) in [4.78, 5) is 12.6. The van der Waals surface area contributed by atoms with Gasteiger partial charge in [-0.25, -0.2) is 0 Å². The lowest BCUT2D eigenvalue weighted by Crippen LogP contribution is -2.64. The predicted octanol–water partition coefficient (Wildman–Crippen LogP) is 3.32. The summed E-state index contributed by atoms with van der Waals surface area (Å²) < 4.78 is 0. The van der Waals surface area contributed by atoms with Crippen LogP contribution in [0.3, 0.4) is 0 Å². The van der Waals surface area contributed by atoms with Crippen molar-refractivity contribution in [3.8, 4) is 0 Å². The van der Waals surface area contributed by atoms with Gasteiger partial charge in [0.15, 0.2) is 0 Å². The summed E-state index contributed by atoms with van der Waals surface area (Å²) in [6.45, 7) is 8.65. The van der Waals surface area contributed by atoms with Gasteiger partial charge in [0.05, 0.1) is 11.7 Å². The van der Waals surface area contributed by atoms with Crippen molar-refractivity contribution < 1.29 is 15.0 Å². The first kappa shape index (κ1) is 16.1. The molecule has 23 heavy (non-hydrogen) atoms. The monoisotopic (exact) mass is 320 g/mol. The highest BCUT2D eigenvalue weighted by Gasteiger charge is 2.71. The molecule has 4 saturated carbocycles. The zero-order valence-electron chi connectivity index (χ0n) is 15.1. The predicted molar refractivity (Wildman–Crippen MR) is 88.7 cm³/mol. The largest absolute Gasteiger partial charge is 0.393 e. The standard InChI is InChI=1S/C20H32O3/c1-17(2)10-14(21)11-18(3)16(17)15(22)8-12-7-13-9-20(12,18)6-5-19(13,4)23/h12-13,15-16,22-23H,5-11H2,1-4H3/t12-,13+,15+,16+,18+,19-,20-/m1/s1. The van der Waals surface area contributed by atoms with Crippen LogP contribution in [0.5, 0.6) is 0 Å². The van der Waals surface area contributed by atoms with Crippen molar-refractivity contribution in [2.24, 2.45) is 34.0 Å². The van der Waals surface area contributed by atoms with Crippen LogP contribution >= 0.6 is 0 Å². The van der Waals surface area contributed by atoms with Gasteiger partial charge in [-0.3, -0.25) is 4.79 Å². The number of ketones is 1. The number of aliphatic hydroxyl groups is 2. The Balaban J connectivity index is 1.83. The average Bonchev–Trinajstić information content (AvgIpc) is 2.70. The van der Waals surface area contributed by atoms with E-state index < -0.39 is 5.60 Å². The first-order valence-electron chi connectivity index (χ1n) is 9.44. The van der Waals surface area contributed by atoms with Gasteiger partial charge < -0.3 is 10.2 Å². The smallest absolute Gasteiger partial charge is 0.134 e. The highest BCUT2D eigenvalue weighted by Crippen LogP contribution is 2.74. The second-order valence-electron chi connectivity index (χ2n) is 10.4. The summed E-state index contributed by atoms with van der Waals surface area (Å²) in [7, 11) is 0. The molecule has 0 saturated heterocycles. The maximum atomic E-state index is 12.6. The van der Waals surface area contributed by atoms with Crippen LogP contribution in [-0.2, 0) is 4.79 Å². The van der Waals surface area contributed by atoms with Crippen molar-refractivity contribution in [1.29, 1.82) is 0 Å². The number of carbonyl (C=O) groups is 1. The molecule has 4 aliphatic carbocycles. The quantitative estimate of drug-likeness (QED) is 0.720. The number of fused-ring (bicyclic) bond motifs is 2. The molecule has 4 fully saturated rings. The van der Waals surface area contributed by atoms with Crippen molar-refractivity contribution >= 4 is 5.78 Å². The molecule has 0 aromatic heterocycles. The normalized spacial score (nSPS) is 57.7. The van der Waals surface area contributed by atoms with E-state index in [0.717, 1.165) is 32.1 Å². The fraction of sp³-hybridized carbons (Fsp3) is 0.950. The molecule has 2 N–H and O–H groups in total. The highest BCUT2D eigenvalue weighted by atomic mass is 16.3. The average molecular weight is 320 g/mol. The Kier molecular flexibility index (Phi) is 3.08. The van der Waals surface area contributed by atoms with Crippen LogP contribution in [0, 0.1) is 34.0 Å². The molecule has 0 unspecified atom stereocenters. The van der Waals surface area contributed by atoms with Gasteiger partial charge in [-0.15, -0.1) is 0 Å². The van der Waals surface area contributed by atoms with Crippen LogP contribution in [0.1, 0.15) is 72.6 Å². The van der Waals surface area contributed by atoms with Crippen molar-refractivity contribution in [2.45, 2.75) is 84.3 Å². The second-order valence-corrected chi connectivity index (χ2v) is 10.4. The fourth-order valence-corrected chi connectivity index (χ4v) is 7.95. The van der Waals surface area contributed by atoms with Crippen LogP contribution in [0.25, 0.3) is 0 Å². The molecule has 4 rings (SSSR count). The molecule has 0 aliphatic heterocycles. The van der Waals surface area contributed by atoms with Crippen molar-refractivity contribution in [2.75, 3.05) is 0 Å². The van der Waals surface area contributed by atoms with Crippen LogP contribution in [-0.4, -0.2) is 27.7 Å². The maximum absolute atomic E-state index is 12.6. The molecule has 0 heterocycles. The molecule has 130 valence electrons. The summed E-state index contributed by atoms with van der Waals surface area (Å²) in [6, 6.07) is 0. The lowest BCUT2D eigenvalue weighted by Gasteiger charge is -2.66. The minimum absolute atomic E-state index is 0.112. The first-order valence-corrected chi connectivity index (χ1v) is 9.44. The Morgan fingerprint density at radius 1 is 1.00 bits per heavy atom. The molecule has 0 amide bonds. The third kappa shape index (κ3) is 1.87. The van der Waals surface area contributed by atoms with Crippen molar-refractivity contribution in [3.63, 3.8) is 0 Å². The Bertz CT molecular complexity index is 551. The molecular formula is C20H32O3. The molecule has 3 heteroatoms. The van der Waals surface area contributed by atoms with E-state index in [9.17, 15) is 15.0 Å². The Morgan fingerprint density at radius 2 is 1.70 bits per heavy atom. The van der Waals surface area contributed by atoms with Gasteiger partial charge in [-0.2, -0.15) is 0 Å². The summed E-state index contributed by atoms with van der Waals surface area (Å²) in [6.07, 6.45) is 5.74. The van der Waals surface area contributed by atoms with Gasteiger partial charge in [0.25, 0.3) is 0 Å². The third-order valence-corrected chi connectivity index (χ3v) is 8.71. The van der Waals surface area contributed by atoms with Gasteiger partial charge in [-0.1, -0.05) is 20.8 Å². The van der Waals surface area contributed by atoms with Crippen LogP contribution in [0.2, 0.25) is 0 Å². The van der Waals surface area contributed by atoms with E-state index in [1.165, 1.54) is 0 Å². The van der Waals surface area contributed by atoms with Gasteiger partial charge in [0.2, 0.25) is 0 Å². The summed E-state index contributed by atoms with van der Waals surface area (Å²) >= 11 is 0. The number of hydrogen-bond acceptors (Lipinski definition) is 3. The topological polar surface area (TPSA) is 57.5 Å². The van der Waals surface area contributed by atoms with Crippen LogP contribution in [0.4, 0.5) is 0 Å². The number of aliphatic hydroxyl groups excluding tert-OH is 1. The van der Waals surface area contributed by atoms with Crippen LogP contribution < -0.4 is 0 Å². The lowest BCUT2D eigenvalue weighted by molar-refractivity contribution is -0.208. The molecule has 0 aromatic rings. The zero-order chi connectivity index (χ0) is 16.8. The first-order chi connectivity index (χ1) is 10.5. The number of carbonyl (C=O) groups excluding carboxylic acids is 1. The zero-order valence-corrected chi connectivity index (χ0v) is 15.1. The number of Topliss-reactive ketones (excluding diaryl/α,β-unsaturated/α-hetero) is 1. The van der Waals surface area contributed by atoms with Crippen molar-refractivity contribution in [3.05, 3.63) is 0 Å². The van der Waals surface area contributed by atoms with E-state index in [-0.39, 0.29) is 28.3 Å². The minimum Gasteiger partial charge on any atom is -0.393 e. The third-order valence-electron chi connectivity index (χ3n) is 8.71. The van der Waals surface area contributed by atoms with E-state index in [1.807, 2.05) is 6.92 Å². The lowest BCUT2D eigenvalue weighted by atomic mass is 9.39. The minimum atomic E-state index is -0.562. The number of hydrogen-bond donors (Lipinski definition) is 2. The summed E-state index contributed by atoms with van der Waals surface area (Å²) in [5, 5.41) is 21.8. The molecule has 3 nitrogen and oxygen atoms in total. The Labute approximate surface area is 139 Å². The van der Waals surface area contributed by atoms with Gasteiger partial charge in [0.1, 0.15) is 5.78 Å². The maximum Gasteiger partial charge on any atom is 0.134 e. The van der Waals surface area contributed by atoms with Gasteiger partial charge in [-0.05, 0) is 73.0 Å². The Morgan fingerprint density at radius 3 is 2.39 bits per heavy atom. The molecule has 0 radical (unpaired) electrons. The number of rotatable bonds is 0. The molecule has 7 atom stereocenters. The van der Waals surface area contributed by atoms with E-state index in [1.54, 1.807) is 0 Å².